The van der Waals surface area contributed by atoms with Crippen LogP contribution in [0.3, 0.4) is 0 Å². The van der Waals surface area contributed by atoms with Crippen LogP contribution in [0.15, 0.2) is 30.3 Å². The summed E-state index contributed by atoms with van der Waals surface area (Å²) >= 11 is 0. The van der Waals surface area contributed by atoms with E-state index in [4.69, 9.17) is 21.3 Å². The van der Waals surface area contributed by atoms with Gasteiger partial charge in [0.25, 0.3) is 0 Å². The van der Waals surface area contributed by atoms with E-state index >= 15 is 0 Å². The molecule has 1 rings (SSSR count). The second-order valence-corrected chi connectivity index (χ2v) is 3.54. The number of nitrogens with two attached hydrogens (primary N) is 2. The average Bonchev–Trinajstić information content (AvgIpc) is 2.35. The van der Waals surface area contributed by atoms with Crippen LogP contribution in [-0.2, 0) is 20.9 Å². The molecule has 5 N–H and O–H groups in total. The molecule has 0 aliphatic carbocycles. The molecule has 92 valence electrons. The first-order valence-electron chi connectivity index (χ1n) is 4.94. The lowest BCUT2D eigenvalue weighted by Crippen LogP contribution is -2.60. The number of carbonyl (C=O) groups is 2. The Morgan fingerprint density at radius 2 is 1.88 bits per heavy atom. The molecule has 0 heterocycles. The molecule has 0 bridgehead atoms. The van der Waals surface area contributed by atoms with E-state index in [1.165, 1.54) is 0 Å². The van der Waals surface area contributed by atoms with E-state index in [0.717, 1.165) is 5.56 Å². The Morgan fingerprint density at radius 1 is 1.29 bits per heavy atom. The van der Waals surface area contributed by atoms with E-state index in [9.17, 15) is 9.59 Å². The quantitative estimate of drug-likeness (QED) is 0.469. The third kappa shape index (κ3) is 3.02. The molecule has 17 heavy (non-hydrogen) atoms. The largest absolute Gasteiger partial charge is 0.479 e. The molecule has 6 nitrogen and oxygen atoms in total. The third-order valence-corrected chi connectivity index (χ3v) is 2.28. The topological polar surface area (TPSA) is 116 Å². The van der Waals surface area contributed by atoms with Crippen LogP contribution in [0.2, 0.25) is 0 Å². The fraction of sp³-hybridized carbons (Fsp3) is 0.273. The summed E-state index contributed by atoms with van der Waals surface area (Å²) in [4.78, 5) is 22.3. The summed E-state index contributed by atoms with van der Waals surface area (Å²) in [5, 5.41) is 8.79. The number of ether oxygens (including phenoxy) is 1. The van der Waals surface area contributed by atoms with Crippen LogP contribution in [0.5, 0.6) is 0 Å². The SMILES string of the molecule is NC[C@](N)(C(=O)O)C(=O)OCc1ccccc1. The Bertz CT molecular complexity index is 407. The van der Waals surface area contributed by atoms with Crippen LogP contribution < -0.4 is 11.5 Å². The highest BCUT2D eigenvalue weighted by Crippen LogP contribution is 2.06. The average molecular weight is 238 g/mol. The number of rotatable bonds is 5. The lowest BCUT2D eigenvalue weighted by Gasteiger charge is -2.20. The van der Waals surface area contributed by atoms with Crippen molar-refractivity contribution in [1.29, 1.82) is 0 Å². The van der Waals surface area contributed by atoms with Gasteiger partial charge in [-0.2, -0.15) is 0 Å². The van der Waals surface area contributed by atoms with Gasteiger partial charge in [0.15, 0.2) is 0 Å². The molecular formula is C11H14N2O4. The Kier molecular flexibility index (Phi) is 4.19. The van der Waals surface area contributed by atoms with E-state index in [-0.39, 0.29) is 6.61 Å². The van der Waals surface area contributed by atoms with Gasteiger partial charge in [-0.15, -0.1) is 0 Å². The highest BCUT2D eigenvalue weighted by molar-refractivity contribution is 6.04. The van der Waals surface area contributed by atoms with Gasteiger partial charge in [-0.05, 0) is 5.56 Å². The maximum absolute atomic E-state index is 11.5. The van der Waals surface area contributed by atoms with Crippen LogP contribution in [0.1, 0.15) is 5.56 Å². The first-order chi connectivity index (χ1) is 8.00. The molecule has 0 unspecified atom stereocenters. The maximum atomic E-state index is 11.5. The Balaban J connectivity index is 2.64. The Morgan fingerprint density at radius 3 is 2.35 bits per heavy atom. The van der Waals surface area contributed by atoms with Crippen molar-refractivity contribution >= 4 is 11.9 Å². The van der Waals surface area contributed by atoms with Gasteiger partial charge in [0.05, 0.1) is 0 Å². The first-order valence-corrected chi connectivity index (χ1v) is 4.94. The van der Waals surface area contributed by atoms with Gasteiger partial charge in [0.1, 0.15) is 6.61 Å². The minimum absolute atomic E-state index is 0.0358. The zero-order chi connectivity index (χ0) is 12.9. The molecule has 0 fully saturated rings. The molecular weight excluding hydrogens is 224 g/mol. The Labute approximate surface area is 98.2 Å². The Hall–Kier alpha value is -1.92. The molecule has 0 saturated carbocycles. The number of carboxylic acid groups (broad SMARTS) is 1. The summed E-state index contributed by atoms with van der Waals surface area (Å²) in [6.45, 7) is -0.554. The molecule has 1 aromatic rings. The standard InChI is InChI=1S/C11H14N2O4/c12-7-11(13,9(14)15)10(16)17-6-8-4-2-1-3-5-8/h1-5H,6-7,12-13H2,(H,14,15)/t11-/m0/s1. The lowest BCUT2D eigenvalue weighted by atomic mass is 10.0. The molecule has 0 aromatic heterocycles. The highest BCUT2D eigenvalue weighted by atomic mass is 16.5. The van der Waals surface area contributed by atoms with Gasteiger partial charge >= 0.3 is 11.9 Å². The molecule has 6 heteroatoms. The molecule has 0 aliphatic rings. The molecule has 0 aliphatic heterocycles. The first kappa shape index (κ1) is 13.1. The number of hydrogen-bond acceptors (Lipinski definition) is 5. The molecule has 1 atom stereocenters. The number of carboxylic acids is 1. The normalized spacial score (nSPS) is 13.8. The van der Waals surface area contributed by atoms with Crippen molar-refractivity contribution < 1.29 is 19.4 Å². The fourth-order valence-electron chi connectivity index (χ4n) is 1.11. The van der Waals surface area contributed by atoms with Crippen molar-refractivity contribution in [3.05, 3.63) is 35.9 Å². The van der Waals surface area contributed by atoms with Crippen LogP contribution in [0, 0.1) is 0 Å². The van der Waals surface area contributed by atoms with Crippen molar-refractivity contribution in [2.75, 3.05) is 6.54 Å². The second kappa shape index (κ2) is 5.42. The smallest absolute Gasteiger partial charge is 0.339 e. The number of aliphatic carboxylic acids is 1. The maximum Gasteiger partial charge on any atom is 0.339 e. The zero-order valence-electron chi connectivity index (χ0n) is 9.13. The van der Waals surface area contributed by atoms with Gasteiger partial charge < -0.3 is 21.3 Å². The van der Waals surface area contributed by atoms with Crippen LogP contribution >= 0.6 is 0 Å². The van der Waals surface area contributed by atoms with Crippen molar-refractivity contribution in [2.24, 2.45) is 11.5 Å². The van der Waals surface area contributed by atoms with Gasteiger partial charge in [-0.3, -0.25) is 0 Å². The zero-order valence-corrected chi connectivity index (χ0v) is 9.13. The predicted molar refractivity (Wildman–Crippen MR) is 59.8 cm³/mol. The van der Waals surface area contributed by atoms with Gasteiger partial charge in [0, 0.05) is 6.54 Å². The molecule has 0 radical (unpaired) electrons. The van der Waals surface area contributed by atoms with Crippen LogP contribution in [0.4, 0.5) is 0 Å². The number of hydrogen-bond donors (Lipinski definition) is 3. The molecule has 0 amide bonds. The fourth-order valence-corrected chi connectivity index (χ4v) is 1.11. The second-order valence-electron chi connectivity index (χ2n) is 3.54. The number of carbonyl (C=O) groups excluding carboxylic acids is 1. The number of esters is 1. The van der Waals surface area contributed by atoms with Crippen molar-refractivity contribution in [2.45, 2.75) is 12.1 Å². The molecule has 1 aromatic carbocycles. The van der Waals surface area contributed by atoms with E-state index < -0.39 is 24.0 Å². The van der Waals surface area contributed by atoms with E-state index in [0.29, 0.717) is 0 Å². The summed E-state index contributed by atoms with van der Waals surface area (Å²) < 4.78 is 4.82. The summed E-state index contributed by atoms with van der Waals surface area (Å²) in [7, 11) is 0. The van der Waals surface area contributed by atoms with E-state index in [2.05, 4.69) is 0 Å². The van der Waals surface area contributed by atoms with Crippen LogP contribution in [-0.4, -0.2) is 29.1 Å². The van der Waals surface area contributed by atoms with Gasteiger partial charge in [-0.25, -0.2) is 9.59 Å². The minimum Gasteiger partial charge on any atom is -0.479 e. The summed E-state index contributed by atoms with van der Waals surface area (Å²) in [6, 6.07) is 8.86. The summed E-state index contributed by atoms with van der Waals surface area (Å²) in [5.74, 6) is -2.55. The minimum atomic E-state index is -2.19. The molecule has 0 saturated heterocycles. The monoisotopic (exact) mass is 238 g/mol. The van der Waals surface area contributed by atoms with E-state index in [1.54, 1.807) is 24.3 Å². The summed E-state index contributed by atoms with van der Waals surface area (Å²) in [6.07, 6.45) is 0. The summed E-state index contributed by atoms with van der Waals surface area (Å²) in [5.41, 5.74) is 9.08. The third-order valence-electron chi connectivity index (χ3n) is 2.28. The van der Waals surface area contributed by atoms with Crippen molar-refractivity contribution in [3.63, 3.8) is 0 Å². The molecule has 0 spiro atoms. The van der Waals surface area contributed by atoms with Crippen LogP contribution in [0.25, 0.3) is 0 Å². The van der Waals surface area contributed by atoms with Crippen molar-refractivity contribution in [1.82, 2.24) is 0 Å². The van der Waals surface area contributed by atoms with Crippen molar-refractivity contribution in [3.8, 4) is 0 Å². The predicted octanol–water partition coefficient (Wildman–Crippen LogP) is -0.529. The van der Waals surface area contributed by atoms with Gasteiger partial charge in [-0.1, -0.05) is 30.3 Å². The number of benzene rings is 1. The van der Waals surface area contributed by atoms with E-state index in [1.807, 2.05) is 6.07 Å². The lowest BCUT2D eigenvalue weighted by molar-refractivity contribution is -0.161. The van der Waals surface area contributed by atoms with Gasteiger partial charge in [0.2, 0.25) is 5.54 Å². The highest BCUT2D eigenvalue weighted by Gasteiger charge is 2.42.